The largest absolute Gasteiger partial charge is 0.423 e. The second-order valence-corrected chi connectivity index (χ2v) is 7.71. The quantitative estimate of drug-likeness (QED) is 0.761. The molecule has 0 aliphatic carbocycles. The highest BCUT2D eigenvalue weighted by Gasteiger charge is 2.32. The molecule has 4 rings (SSSR count). The van der Waals surface area contributed by atoms with Gasteiger partial charge in [0, 0.05) is 45.8 Å². The predicted octanol–water partition coefficient (Wildman–Crippen LogP) is 1.75. The standard InChI is InChI=1S/C21H28N4O4/c1-28-14-13-23-9-4-10-25(15-19(23)26)20(27)16-7-11-24(12-8-16)21-22-17-5-2-3-6-18(17)29-21/h2-3,5-6,16H,4,7-15H2,1H3. The molecule has 2 amide bonds. The maximum atomic E-state index is 13.0. The van der Waals surface area contributed by atoms with Gasteiger partial charge in [-0.15, -0.1) is 0 Å². The predicted molar refractivity (Wildman–Crippen MR) is 109 cm³/mol. The summed E-state index contributed by atoms with van der Waals surface area (Å²) in [7, 11) is 1.63. The molecule has 2 aliphatic rings. The summed E-state index contributed by atoms with van der Waals surface area (Å²) in [6, 6.07) is 8.34. The minimum absolute atomic E-state index is 0.0109. The van der Waals surface area contributed by atoms with Gasteiger partial charge < -0.3 is 23.9 Å². The van der Waals surface area contributed by atoms with Crippen LogP contribution in [0, 0.1) is 5.92 Å². The number of carbonyl (C=O) groups is 2. The topological polar surface area (TPSA) is 79.1 Å². The first kappa shape index (κ1) is 19.7. The Bertz CT molecular complexity index is 826. The Labute approximate surface area is 170 Å². The minimum atomic E-state index is -0.0473. The molecule has 156 valence electrons. The molecule has 0 bridgehead atoms. The van der Waals surface area contributed by atoms with E-state index in [-0.39, 0.29) is 24.3 Å². The van der Waals surface area contributed by atoms with Crippen LogP contribution < -0.4 is 4.90 Å². The lowest BCUT2D eigenvalue weighted by molar-refractivity contribution is -0.141. The van der Waals surface area contributed by atoms with E-state index in [0.29, 0.717) is 32.3 Å². The van der Waals surface area contributed by atoms with Crippen LogP contribution in [0.5, 0.6) is 0 Å². The number of anilines is 1. The molecule has 29 heavy (non-hydrogen) atoms. The summed E-state index contributed by atoms with van der Waals surface area (Å²) in [5.74, 6) is 0.0647. The van der Waals surface area contributed by atoms with Gasteiger partial charge in [0.15, 0.2) is 5.58 Å². The molecule has 2 saturated heterocycles. The molecule has 1 aromatic heterocycles. The van der Waals surface area contributed by atoms with Gasteiger partial charge in [-0.25, -0.2) is 0 Å². The van der Waals surface area contributed by atoms with E-state index in [1.165, 1.54) is 0 Å². The number of hydrogen-bond acceptors (Lipinski definition) is 6. The molecular formula is C21H28N4O4. The van der Waals surface area contributed by atoms with Gasteiger partial charge in [0.25, 0.3) is 6.01 Å². The maximum absolute atomic E-state index is 13.0. The number of piperidine rings is 1. The number of amides is 2. The lowest BCUT2D eigenvalue weighted by Gasteiger charge is -2.33. The highest BCUT2D eigenvalue weighted by atomic mass is 16.5. The number of aromatic nitrogens is 1. The fourth-order valence-corrected chi connectivity index (χ4v) is 4.12. The van der Waals surface area contributed by atoms with Crippen molar-refractivity contribution >= 4 is 28.9 Å². The van der Waals surface area contributed by atoms with Crippen molar-refractivity contribution in [2.45, 2.75) is 19.3 Å². The van der Waals surface area contributed by atoms with Crippen molar-refractivity contribution in [2.75, 3.05) is 57.9 Å². The van der Waals surface area contributed by atoms with Crippen molar-refractivity contribution < 1.29 is 18.7 Å². The second-order valence-electron chi connectivity index (χ2n) is 7.71. The van der Waals surface area contributed by atoms with E-state index in [9.17, 15) is 9.59 Å². The van der Waals surface area contributed by atoms with Crippen molar-refractivity contribution in [2.24, 2.45) is 5.92 Å². The lowest BCUT2D eigenvalue weighted by Crippen LogP contribution is -2.45. The Balaban J connectivity index is 1.33. The Morgan fingerprint density at radius 1 is 1.21 bits per heavy atom. The fourth-order valence-electron chi connectivity index (χ4n) is 4.12. The third kappa shape index (κ3) is 4.37. The Hall–Kier alpha value is -2.61. The Morgan fingerprint density at radius 3 is 2.76 bits per heavy atom. The molecule has 0 spiro atoms. The van der Waals surface area contributed by atoms with E-state index in [0.717, 1.165) is 43.5 Å². The average Bonchev–Trinajstić information content (AvgIpc) is 3.10. The molecule has 2 aromatic rings. The SMILES string of the molecule is COCCN1CCCN(C(=O)C2CCN(c3nc4ccccc4o3)CC2)CC1=O. The number of rotatable bonds is 5. The maximum Gasteiger partial charge on any atom is 0.298 e. The number of ether oxygens (including phenoxy) is 1. The van der Waals surface area contributed by atoms with E-state index in [1.54, 1.807) is 16.9 Å². The zero-order valence-electron chi connectivity index (χ0n) is 16.9. The normalized spacial score (nSPS) is 19.1. The van der Waals surface area contributed by atoms with Crippen LogP contribution in [0.25, 0.3) is 11.1 Å². The van der Waals surface area contributed by atoms with Crippen LogP contribution in [0.3, 0.4) is 0 Å². The van der Waals surface area contributed by atoms with Crippen LogP contribution in [0.4, 0.5) is 6.01 Å². The van der Waals surface area contributed by atoms with Crippen LogP contribution in [0.2, 0.25) is 0 Å². The molecule has 3 heterocycles. The summed E-state index contributed by atoms with van der Waals surface area (Å²) in [4.78, 5) is 35.7. The van der Waals surface area contributed by atoms with Gasteiger partial charge in [-0.3, -0.25) is 9.59 Å². The molecule has 0 atom stereocenters. The van der Waals surface area contributed by atoms with Crippen molar-refractivity contribution in [3.05, 3.63) is 24.3 Å². The van der Waals surface area contributed by atoms with Crippen molar-refractivity contribution in [1.82, 2.24) is 14.8 Å². The fraction of sp³-hybridized carbons (Fsp3) is 0.571. The Morgan fingerprint density at radius 2 is 2.00 bits per heavy atom. The molecule has 8 heteroatoms. The Kier molecular flexibility index (Phi) is 5.99. The molecule has 2 aliphatic heterocycles. The van der Waals surface area contributed by atoms with Gasteiger partial charge in [-0.2, -0.15) is 4.98 Å². The van der Waals surface area contributed by atoms with Gasteiger partial charge in [0.1, 0.15) is 5.52 Å². The number of fused-ring (bicyclic) bond motifs is 1. The van der Waals surface area contributed by atoms with E-state index < -0.39 is 0 Å². The number of oxazole rings is 1. The molecule has 8 nitrogen and oxygen atoms in total. The molecule has 0 radical (unpaired) electrons. The monoisotopic (exact) mass is 400 g/mol. The second kappa shape index (κ2) is 8.82. The molecule has 1 aromatic carbocycles. The van der Waals surface area contributed by atoms with Crippen LogP contribution >= 0.6 is 0 Å². The third-order valence-corrected chi connectivity index (χ3v) is 5.81. The van der Waals surface area contributed by atoms with Gasteiger partial charge in [-0.05, 0) is 31.4 Å². The number of nitrogens with zero attached hydrogens (tertiary/aromatic N) is 4. The summed E-state index contributed by atoms with van der Waals surface area (Å²) in [5, 5.41) is 0. The van der Waals surface area contributed by atoms with Crippen LogP contribution in [-0.4, -0.2) is 79.6 Å². The number of carbonyl (C=O) groups excluding carboxylic acids is 2. The molecule has 2 fully saturated rings. The molecule has 0 unspecified atom stereocenters. The molecular weight excluding hydrogens is 372 g/mol. The van der Waals surface area contributed by atoms with Gasteiger partial charge in [0.05, 0.1) is 13.2 Å². The lowest BCUT2D eigenvalue weighted by atomic mass is 9.95. The van der Waals surface area contributed by atoms with Crippen molar-refractivity contribution in [1.29, 1.82) is 0 Å². The smallest absolute Gasteiger partial charge is 0.298 e. The third-order valence-electron chi connectivity index (χ3n) is 5.81. The van der Waals surface area contributed by atoms with Gasteiger partial charge >= 0.3 is 0 Å². The van der Waals surface area contributed by atoms with Crippen LogP contribution in [-0.2, 0) is 14.3 Å². The first-order valence-electron chi connectivity index (χ1n) is 10.3. The number of para-hydroxylation sites is 2. The first-order valence-corrected chi connectivity index (χ1v) is 10.3. The summed E-state index contributed by atoms with van der Waals surface area (Å²) >= 11 is 0. The summed E-state index contributed by atoms with van der Waals surface area (Å²) in [6.07, 6.45) is 2.30. The number of methoxy groups -OCH3 is 1. The number of benzene rings is 1. The van der Waals surface area contributed by atoms with E-state index in [1.807, 2.05) is 24.3 Å². The van der Waals surface area contributed by atoms with E-state index in [2.05, 4.69) is 9.88 Å². The highest BCUT2D eigenvalue weighted by molar-refractivity contribution is 5.86. The summed E-state index contributed by atoms with van der Waals surface area (Å²) < 4.78 is 10.9. The molecule has 0 saturated carbocycles. The molecule has 0 N–H and O–H groups in total. The van der Waals surface area contributed by atoms with Gasteiger partial charge in [-0.1, -0.05) is 12.1 Å². The zero-order chi connectivity index (χ0) is 20.2. The van der Waals surface area contributed by atoms with Crippen LogP contribution in [0.15, 0.2) is 28.7 Å². The van der Waals surface area contributed by atoms with E-state index in [4.69, 9.17) is 9.15 Å². The minimum Gasteiger partial charge on any atom is -0.423 e. The van der Waals surface area contributed by atoms with E-state index >= 15 is 0 Å². The highest BCUT2D eigenvalue weighted by Crippen LogP contribution is 2.27. The van der Waals surface area contributed by atoms with Crippen molar-refractivity contribution in [3.63, 3.8) is 0 Å². The first-order chi connectivity index (χ1) is 14.2. The number of hydrogen-bond donors (Lipinski definition) is 0. The summed E-state index contributed by atoms with van der Waals surface area (Å²) in [6.45, 7) is 4.06. The average molecular weight is 400 g/mol. The van der Waals surface area contributed by atoms with Gasteiger partial charge in [0.2, 0.25) is 11.8 Å². The summed E-state index contributed by atoms with van der Waals surface area (Å²) in [5.41, 5.74) is 1.63. The van der Waals surface area contributed by atoms with Crippen molar-refractivity contribution in [3.8, 4) is 0 Å². The van der Waals surface area contributed by atoms with Crippen LogP contribution in [0.1, 0.15) is 19.3 Å². The zero-order valence-corrected chi connectivity index (χ0v) is 16.9.